The van der Waals surface area contributed by atoms with Gasteiger partial charge in [-0.1, -0.05) is 78.9 Å². The number of H-pyrrole nitrogens is 2. The van der Waals surface area contributed by atoms with Crippen LogP contribution in [0.3, 0.4) is 0 Å². The number of hydrogen-bond donors (Lipinski definition) is 2. The van der Waals surface area contributed by atoms with Crippen LogP contribution >= 0.6 is 0 Å². The Bertz CT molecular complexity index is 1490. The Morgan fingerprint density at radius 3 is 2.30 bits per heavy atom. The van der Waals surface area contributed by atoms with E-state index < -0.39 is 0 Å². The first-order valence-electron chi connectivity index (χ1n) is 11.3. The number of benzene rings is 3. The van der Waals surface area contributed by atoms with E-state index in [0.29, 0.717) is 18.8 Å². The summed E-state index contributed by atoms with van der Waals surface area (Å²) in [5.74, 6) is 0.637. The number of nitrogens with zero attached hydrogens (tertiary/aromatic N) is 2. The number of aromatic amines is 2. The Kier molecular flexibility index (Phi) is 4.89. The summed E-state index contributed by atoms with van der Waals surface area (Å²) in [5, 5.41) is 1.24. The van der Waals surface area contributed by atoms with Gasteiger partial charge in [-0.05, 0) is 23.6 Å². The molecule has 6 rings (SSSR count). The molecule has 0 bridgehead atoms. The maximum atomic E-state index is 12.8. The topological polar surface area (TPSA) is 64.8 Å². The predicted molar refractivity (Wildman–Crippen MR) is 132 cm³/mol. The van der Waals surface area contributed by atoms with E-state index in [4.69, 9.17) is 4.98 Å². The maximum Gasteiger partial charge on any atom is 0.254 e. The van der Waals surface area contributed by atoms with Crippen LogP contribution in [0.2, 0.25) is 0 Å². The fourth-order valence-corrected chi connectivity index (χ4v) is 4.80. The SMILES string of the molecule is O=c1[nH]c(-c2ccccc2)nc2c1CCN(Cc1c(-c3ccccc3)[nH]c3ccccc13)C2. The molecule has 0 aliphatic carbocycles. The normalized spacial score (nSPS) is 13.8. The lowest BCUT2D eigenvalue weighted by molar-refractivity contribution is 0.242. The van der Waals surface area contributed by atoms with Crippen LogP contribution in [0, 0.1) is 0 Å². The summed E-state index contributed by atoms with van der Waals surface area (Å²) in [6.07, 6.45) is 0.704. The molecule has 162 valence electrons. The van der Waals surface area contributed by atoms with E-state index in [0.717, 1.165) is 41.1 Å². The van der Waals surface area contributed by atoms with Crippen LogP contribution in [0.15, 0.2) is 89.7 Å². The van der Waals surface area contributed by atoms with Crippen LogP contribution in [0.4, 0.5) is 0 Å². The van der Waals surface area contributed by atoms with E-state index in [-0.39, 0.29) is 5.56 Å². The number of nitrogens with one attached hydrogen (secondary N) is 2. The minimum atomic E-state index is -0.0180. The summed E-state index contributed by atoms with van der Waals surface area (Å²) >= 11 is 0. The monoisotopic (exact) mass is 432 g/mol. The first-order valence-corrected chi connectivity index (χ1v) is 11.3. The predicted octanol–water partition coefficient (Wildman–Crippen LogP) is 5.14. The molecule has 3 aromatic carbocycles. The Morgan fingerprint density at radius 1 is 0.818 bits per heavy atom. The second-order valence-corrected chi connectivity index (χ2v) is 8.56. The number of hydrogen-bond acceptors (Lipinski definition) is 3. The highest BCUT2D eigenvalue weighted by Crippen LogP contribution is 2.32. The molecular formula is C28H24N4O. The molecule has 0 unspecified atom stereocenters. The van der Waals surface area contributed by atoms with Crippen LogP contribution in [-0.2, 0) is 19.5 Å². The summed E-state index contributed by atoms with van der Waals surface area (Å²) in [7, 11) is 0. The minimum absolute atomic E-state index is 0.0180. The quantitative estimate of drug-likeness (QED) is 0.413. The van der Waals surface area contributed by atoms with Crippen molar-refractivity contribution in [2.75, 3.05) is 6.54 Å². The molecule has 5 nitrogen and oxygen atoms in total. The summed E-state index contributed by atoms with van der Waals surface area (Å²) < 4.78 is 0. The molecule has 3 heterocycles. The van der Waals surface area contributed by atoms with Crippen molar-refractivity contribution >= 4 is 10.9 Å². The van der Waals surface area contributed by atoms with E-state index >= 15 is 0 Å². The van der Waals surface area contributed by atoms with Gasteiger partial charge in [0.1, 0.15) is 5.82 Å². The fourth-order valence-electron chi connectivity index (χ4n) is 4.80. The summed E-state index contributed by atoms with van der Waals surface area (Å²) in [6.45, 7) is 2.28. The summed E-state index contributed by atoms with van der Waals surface area (Å²) in [6, 6.07) is 28.8. The van der Waals surface area contributed by atoms with Crippen molar-refractivity contribution in [3.63, 3.8) is 0 Å². The highest BCUT2D eigenvalue weighted by atomic mass is 16.1. The molecule has 1 aliphatic heterocycles. The molecule has 0 spiro atoms. The van der Waals surface area contributed by atoms with E-state index in [9.17, 15) is 4.79 Å². The van der Waals surface area contributed by atoms with Crippen LogP contribution in [0.25, 0.3) is 33.5 Å². The summed E-state index contributed by atoms with van der Waals surface area (Å²) in [5.41, 5.74) is 7.37. The third kappa shape index (κ3) is 3.66. The van der Waals surface area contributed by atoms with Gasteiger partial charge in [0.2, 0.25) is 0 Å². The molecule has 0 fully saturated rings. The molecule has 2 aromatic heterocycles. The second-order valence-electron chi connectivity index (χ2n) is 8.56. The van der Waals surface area contributed by atoms with Gasteiger partial charge in [0.05, 0.1) is 11.4 Å². The molecule has 33 heavy (non-hydrogen) atoms. The Balaban J connectivity index is 1.37. The standard InChI is InChI=1S/C28H24N4O/c33-28-22-15-16-32(18-25(22)30-27(31-28)20-11-5-2-6-12-20)17-23-21-13-7-8-14-24(21)29-26(23)19-9-3-1-4-10-19/h1-14,29H,15-18H2,(H,30,31,33). The Hall–Kier alpha value is -3.96. The zero-order chi connectivity index (χ0) is 22.2. The van der Waals surface area contributed by atoms with Gasteiger partial charge >= 0.3 is 0 Å². The van der Waals surface area contributed by atoms with Crippen LogP contribution < -0.4 is 5.56 Å². The van der Waals surface area contributed by atoms with Gasteiger partial charge in [0.15, 0.2) is 0 Å². The fraction of sp³-hybridized carbons (Fsp3) is 0.143. The lowest BCUT2D eigenvalue weighted by Gasteiger charge is -2.28. The van der Waals surface area contributed by atoms with Gasteiger partial charge in [0, 0.05) is 41.7 Å². The molecular weight excluding hydrogens is 408 g/mol. The van der Waals surface area contributed by atoms with Gasteiger partial charge in [-0.15, -0.1) is 0 Å². The van der Waals surface area contributed by atoms with Crippen LogP contribution in [-0.4, -0.2) is 26.4 Å². The highest BCUT2D eigenvalue weighted by molar-refractivity contribution is 5.90. The van der Waals surface area contributed by atoms with Crippen LogP contribution in [0.5, 0.6) is 0 Å². The van der Waals surface area contributed by atoms with Crippen molar-refractivity contribution in [1.29, 1.82) is 0 Å². The van der Waals surface area contributed by atoms with Crippen molar-refractivity contribution < 1.29 is 0 Å². The average molecular weight is 433 g/mol. The highest BCUT2D eigenvalue weighted by Gasteiger charge is 2.23. The maximum absolute atomic E-state index is 12.8. The van der Waals surface area contributed by atoms with Crippen molar-refractivity contribution in [3.8, 4) is 22.6 Å². The van der Waals surface area contributed by atoms with Gasteiger partial charge in [-0.2, -0.15) is 0 Å². The van der Waals surface area contributed by atoms with Crippen molar-refractivity contribution in [2.24, 2.45) is 0 Å². The van der Waals surface area contributed by atoms with Crippen molar-refractivity contribution in [3.05, 3.63) is 112 Å². The molecule has 2 N–H and O–H groups in total. The Labute approximate surface area is 191 Å². The number of rotatable bonds is 4. The first-order chi connectivity index (χ1) is 16.3. The van der Waals surface area contributed by atoms with Gasteiger partial charge < -0.3 is 9.97 Å². The number of aromatic nitrogens is 3. The zero-order valence-electron chi connectivity index (χ0n) is 18.2. The van der Waals surface area contributed by atoms with Gasteiger partial charge in [-0.25, -0.2) is 4.98 Å². The molecule has 0 atom stereocenters. The minimum Gasteiger partial charge on any atom is -0.354 e. The molecule has 0 amide bonds. The van der Waals surface area contributed by atoms with E-state index in [2.05, 4.69) is 63.4 Å². The molecule has 5 heteroatoms. The number of para-hydroxylation sites is 1. The van der Waals surface area contributed by atoms with Gasteiger partial charge in [0.25, 0.3) is 5.56 Å². The third-order valence-electron chi connectivity index (χ3n) is 6.46. The first kappa shape index (κ1) is 19.7. The largest absolute Gasteiger partial charge is 0.354 e. The molecule has 0 radical (unpaired) electrons. The molecule has 0 saturated heterocycles. The third-order valence-corrected chi connectivity index (χ3v) is 6.46. The number of fused-ring (bicyclic) bond motifs is 2. The van der Waals surface area contributed by atoms with E-state index in [1.807, 2.05) is 36.4 Å². The Morgan fingerprint density at radius 2 is 1.52 bits per heavy atom. The molecule has 1 aliphatic rings. The van der Waals surface area contributed by atoms with E-state index in [1.165, 1.54) is 16.5 Å². The molecule has 0 saturated carbocycles. The average Bonchev–Trinajstić information content (AvgIpc) is 3.23. The lowest BCUT2D eigenvalue weighted by Crippen LogP contribution is -2.35. The van der Waals surface area contributed by atoms with Crippen molar-refractivity contribution in [2.45, 2.75) is 19.5 Å². The van der Waals surface area contributed by atoms with Gasteiger partial charge in [-0.3, -0.25) is 9.69 Å². The van der Waals surface area contributed by atoms with E-state index in [1.54, 1.807) is 0 Å². The van der Waals surface area contributed by atoms with Crippen molar-refractivity contribution in [1.82, 2.24) is 19.9 Å². The second kappa shape index (κ2) is 8.19. The zero-order valence-corrected chi connectivity index (χ0v) is 18.2. The summed E-state index contributed by atoms with van der Waals surface area (Å²) in [4.78, 5) is 26.6. The smallest absolute Gasteiger partial charge is 0.254 e. The lowest BCUT2D eigenvalue weighted by atomic mass is 10.0. The molecule has 5 aromatic rings. The van der Waals surface area contributed by atoms with Crippen LogP contribution in [0.1, 0.15) is 16.8 Å².